The van der Waals surface area contributed by atoms with Gasteiger partial charge < -0.3 is 19.7 Å². The number of methoxy groups -OCH3 is 1. The van der Waals surface area contributed by atoms with E-state index in [2.05, 4.69) is 10.3 Å². The lowest BCUT2D eigenvalue weighted by atomic mass is 9.98. The molecule has 1 aromatic carbocycles. The zero-order valence-electron chi connectivity index (χ0n) is 19.5. The quantitative estimate of drug-likeness (QED) is 0.499. The number of amides is 1. The predicted octanol–water partition coefficient (Wildman–Crippen LogP) is 5.19. The fourth-order valence-electron chi connectivity index (χ4n) is 4.12. The van der Waals surface area contributed by atoms with Crippen LogP contribution >= 0.6 is 11.3 Å². The van der Waals surface area contributed by atoms with E-state index in [-0.39, 0.29) is 6.09 Å². The molecule has 0 unspecified atom stereocenters. The van der Waals surface area contributed by atoms with Crippen LogP contribution in [0.1, 0.15) is 43.5 Å². The third kappa shape index (κ3) is 4.99. The number of carbonyl (C=O) groups excluding carboxylic acids is 1. The number of ether oxygens (including phenoxy) is 2. The van der Waals surface area contributed by atoms with Crippen LogP contribution < -0.4 is 10.1 Å². The first kappa shape index (κ1) is 22.6. The van der Waals surface area contributed by atoms with E-state index in [1.54, 1.807) is 23.3 Å². The molecule has 178 valence electrons. The minimum absolute atomic E-state index is 0.226. The van der Waals surface area contributed by atoms with E-state index in [0.717, 1.165) is 45.4 Å². The van der Waals surface area contributed by atoms with Gasteiger partial charge in [-0.25, -0.2) is 19.7 Å². The summed E-state index contributed by atoms with van der Waals surface area (Å²) in [6.07, 6.45) is 5.65. The first-order valence-corrected chi connectivity index (χ1v) is 12.6. The molecule has 1 amide bonds. The van der Waals surface area contributed by atoms with E-state index in [1.165, 1.54) is 12.8 Å². The molecule has 1 aliphatic carbocycles. The van der Waals surface area contributed by atoms with Crippen molar-refractivity contribution in [3.63, 3.8) is 0 Å². The van der Waals surface area contributed by atoms with Crippen molar-refractivity contribution >= 4 is 23.4 Å². The molecule has 1 saturated carbocycles. The standard InChI is InChI=1S/C25H29N5O3S/c1-3-33-25(31)30-14-11-17(12-15-30)23-29-21(16-4-8-19(32-2)9-5-16)22(34-23)20-10-13-26-24(28-20)27-18-6-7-18/h4-5,8-10,13,17-18H,3,6-7,11-12,14-15H2,1-2H3,(H,26,27,28). The number of nitrogens with one attached hydrogen (secondary N) is 1. The summed E-state index contributed by atoms with van der Waals surface area (Å²) in [7, 11) is 1.67. The van der Waals surface area contributed by atoms with Crippen molar-refractivity contribution in [2.24, 2.45) is 0 Å². The van der Waals surface area contributed by atoms with Crippen molar-refractivity contribution in [2.75, 3.05) is 32.1 Å². The third-order valence-electron chi connectivity index (χ3n) is 6.18. The normalized spacial score (nSPS) is 16.4. The predicted molar refractivity (Wildman–Crippen MR) is 132 cm³/mol. The van der Waals surface area contributed by atoms with Gasteiger partial charge in [-0.15, -0.1) is 11.3 Å². The van der Waals surface area contributed by atoms with E-state index in [9.17, 15) is 4.79 Å². The molecule has 1 N–H and O–H groups in total. The third-order valence-corrected chi connectivity index (χ3v) is 7.42. The minimum Gasteiger partial charge on any atom is -0.497 e. The largest absolute Gasteiger partial charge is 0.497 e. The Balaban J connectivity index is 1.44. The molecule has 3 heterocycles. The summed E-state index contributed by atoms with van der Waals surface area (Å²) in [6, 6.07) is 10.4. The average molecular weight is 480 g/mol. The number of benzene rings is 1. The molecular formula is C25H29N5O3S. The number of nitrogens with zero attached hydrogens (tertiary/aromatic N) is 4. The van der Waals surface area contributed by atoms with Gasteiger partial charge in [-0.1, -0.05) is 0 Å². The molecule has 9 heteroatoms. The number of piperidine rings is 1. The number of carbonyl (C=O) groups is 1. The molecule has 2 aliphatic rings. The molecule has 5 rings (SSSR count). The number of hydrogen-bond donors (Lipinski definition) is 1. The zero-order valence-corrected chi connectivity index (χ0v) is 20.3. The van der Waals surface area contributed by atoms with Crippen LogP contribution in [0.25, 0.3) is 21.8 Å². The average Bonchev–Trinajstić information content (AvgIpc) is 3.58. The molecule has 0 atom stereocenters. The van der Waals surface area contributed by atoms with Crippen molar-refractivity contribution in [3.05, 3.63) is 41.5 Å². The minimum atomic E-state index is -0.226. The van der Waals surface area contributed by atoms with E-state index in [0.29, 0.717) is 37.6 Å². The van der Waals surface area contributed by atoms with Gasteiger partial charge in [0.1, 0.15) is 5.75 Å². The molecule has 2 aromatic heterocycles. The van der Waals surface area contributed by atoms with Crippen LogP contribution in [0.3, 0.4) is 0 Å². The molecule has 8 nitrogen and oxygen atoms in total. The highest BCUT2D eigenvalue weighted by molar-refractivity contribution is 7.15. The fraction of sp³-hybridized carbons (Fsp3) is 0.440. The van der Waals surface area contributed by atoms with E-state index in [4.69, 9.17) is 19.4 Å². The zero-order chi connectivity index (χ0) is 23.5. The SMILES string of the molecule is CCOC(=O)N1CCC(c2nc(-c3ccc(OC)cc3)c(-c3ccnc(NC4CC4)n3)s2)CC1. The van der Waals surface area contributed by atoms with Crippen molar-refractivity contribution in [1.29, 1.82) is 0 Å². The lowest BCUT2D eigenvalue weighted by Crippen LogP contribution is -2.38. The number of aromatic nitrogens is 3. The molecule has 3 aromatic rings. The molecule has 34 heavy (non-hydrogen) atoms. The molecule has 1 aliphatic heterocycles. The highest BCUT2D eigenvalue weighted by Gasteiger charge is 2.28. The van der Waals surface area contributed by atoms with Crippen LogP contribution in [0.5, 0.6) is 5.75 Å². The number of hydrogen-bond acceptors (Lipinski definition) is 8. The maximum atomic E-state index is 12.1. The van der Waals surface area contributed by atoms with Gasteiger partial charge in [0.2, 0.25) is 5.95 Å². The summed E-state index contributed by atoms with van der Waals surface area (Å²) >= 11 is 1.69. The summed E-state index contributed by atoms with van der Waals surface area (Å²) in [5.41, 5.74) is 2.82. The van der Waals surface area contributed by atoms with Crippen LogP contribution in [0.4, 0.5) is 10.7 Å². The van der Waals surface area contributed by atoms with Crippen LogP contribution in [-0.4, -0.2) is 58.8 Å². The van der Waals surface area contributed by atoms with Crippen molar-refractivity contribution in [3.8, 4) is 27.6 Å². The van der Waals surface area contributed by atoms with Crippen LogP contribution in [0.2, 0.25) is 0 Å². The maximum absolute atomic E-state index is 12.1. The highest BCUT2D eigenvalue weighted by atomic mass is 32.1. The Labute approximate surface area is 203 Å². The van der Waals surface area contributed by atoms with Gasteiger partial charge in [0.25, 0.3) is 0 Å². The maximum Gasteiger partial charge on any atom is 0.409 e. The van der Waals surface area contributed by atoms with E-state index in [1.807, 2.05) is 43.5 Å². The Morgan fingerprint density at radius 3 is 2.56 bits per heavy atom. The molecule has 0 radical (unpaired) electrons. The van der Waals surface area contributed by atoms with Gasteiger partial charge >= 0.3 is 6.09 Å². The van der Waals surface area contributed by atoms with Gasteiger partial charge in [0.15, 0.2) is 0 Å². The lowest BCUT2D eigenvalue weighted by molar-refractivity contribution is 0.0970. The smallest absolute Gasteiger partial charge is 0.409 e. The second kappa shape index (κ2) is 9.97. The van der Waals surface area contributed by atoms with Gasteiger partial charge in [-0.3, -0.25) is 0 Å². The lowest BCUT2D eigenvalue weighted by Gasteiger charge is -2.30. The fourth-order valence-corrected chi connectivity index (χ4v) is 5.35. The van der Waals surface area contributed by atoms with Crippen LogP contribution in [0, 0.1) is 0 Å². The summed E-state index contributed by atoms with van der Waals surface area (Å²) in [5, 5.41) is 4.48. The number of rotatable bonds is 7. The van der Waals surface area contributed by atoms with Gasteiger partial charge in [-0.05, 0) is 62.9 Å². The van der Waals surface area contributed by atoms with Crippen LogP contribution in [0.15, 0.2) is 36.5 Å². The Morgan fingerprint density at radius 1 is 1.12 bits per heavy atom. The second-order valence-electron chi connectivity index (χ2n) is 8.60. The molecular weight excluding hydrogens is 450 g/mol. The van der Waals surface area contributed by atoms with E-state index >= 15 is 0 Å². The number of thiazole rings is 1. The van der Waals surface area contributed by atoms with Crippen molar-refractivity contribution in [1.82, 2.24) is 19.9 Å². The number of likely N-dealkylation sites (tertiary alicyclic amines) is 1. The molecule has 0 bridgehead atoms. The van der Waals surface area contributed by atoms with Gasteiger partial charge in [0.05, 0.1) is 35.0 Å². The molecule has 1 saturated heterocycles. The van der Waals surface area contributed by atoms with Gasteiger partial charge in [0, 0.05) is 36.8 Å². The molecule has 0 spiro atoms. The summed E-state index contributed by atoms with van der Waals surface area (Å²) in [6.45, 7) is 3.59. The summed E-state index contributed by atoms with van der Waals surface area (Å²) < 4.78 is 10.5. The Kier molecular flexibility index (Phi) is 6.62. The van der Waals surface area contributed by atoms with E-state index < -0.39 is 0 Å². The van der Waals surface area contributed by atoms with Crippen molar-refractivity contribution < 1.29 is 14.3 Å². The first-order valence-electron chi connectivity index (χ1n) is 11.8. The highest BCUT2D eigenvalue weighted by Crippen LogP contribution is 2.41. The van der Waals surface area contributed by atoms with Crippen molar-refractivity contribution in [2.45, 2.75) is 44.6 Å². The van der Waals surface area contributed by atoms with Gasteiger partial charge in [-0.2, -0.15) is 0 Å². The second-order valence-corrected chi connectivity index (χ2v) is 9.63. The summed E-state index contributed by atoms with van der Waals surface area (Å²) in [4.78, 5) is 29.2. The summed E-state index contributed by atoms with van der Waals surface area (Å²) in [5.74, 6) is 1.77. The number of anilines is 1. The Morgan fingerprint density at radius 2 is 1.88 bits per heavy atom. The first-order chi connectivity index (χ1) is 16.6. The monoisotopic (exact) mass is 479 g/mol. The topological polar surface area (TPSA) is 89.5 Å². The van der Waals surface area contributed by atoms with Crippen LogP contribution in [-0.2, 0) is 4.74 Å². The molecule has 2 fully saturated rings. The Hall–Kier alpha value is -3.20. The Bertz CT molecular complexity index is 1140.